The number of carboxylic acids is 1. The smallest absolute Gasteiger partial charge is 0.326 e. The number of hydrogen-bond acceptors (Lipinski definition) is 3. The average molecular weight is 351 g/mol. The first-order valence-corrected chi connectivity index (χ1v) is 8.51. The highest BCUT2D eigenvalue weighted by molar-refractivity contribution is 5.95. The molecule has 0 aliphatic heterocycles. The van der Waals surface area contributed by atoms with Crippen molar-refractivity contribution in [3.05, 3.63) is 65.6 Å². The lowest BCUT2D eigenvalue weighted by molar-refractivity contribution is -0.139. The number of carboxylic acid groups (broad SMARTS) is 1. The second kappa shape index (κ2) is 7.39. The van der Waals surface area contributed by atoms with Crippen LogP contribution in [0.2, 0.25) is 0 Å². The Morgan fingerprint density at radius 3 is 2.65 bits per heavy atom. The van der Waals surface area contributed by atoms with E-state index in [4.69, 9.17) is 0 Å². The van der Waals surface area contributed by atoms with Crippen molar-refractivity contribution in [1.29, 1.82) is 0 Å². The van der Waals surface area contributed by atoms with Crippen LogP contribution in [-0.2, 0) is 11.2 Å². The number of aromatic amines is 1. The first kappa shape index (κ1) is 17.7. The quantitative estimate of drug-likeness (QED) is 0.636. The van der Waals surface area contributed by atoms with Gasteiger partial charge < -0.3 is 15.4 Å². The fourth-order valence-electron chi connectivity index (χ4n) is 2.85. The molecule has 0 aliphatic carbocycles. The Labute approximate surface area is 151 Å². The summed E-state index contributed by atoms with van der Waals surface area (Å²) in [5.74, 6) is -1.38. The third kappa shape index (κ3) is 3.74. The van der Waals surface area contributed by atoms with Crippen molar-refractivity contribution in [1.82, 2.24) is 15.3 Å². The van der Waals surface area contributed by atoms with Crippen molar-refractivity contribution in [3.63, 3.8) is 0 Å². The summed E-state index contributed by atoms with van der Waals surface area (Å²) < 4.78 is 0. The van der Waals surface area contributed by atoms with Gasteiger partial charge >= 0.3 is 5.97 Å². The largest absolute Gasteiger partial charge is 0.480 e. The van der Waals surface area contributed by atoms with Gasteiger partial charge in [0.15, 0.2) is 0 Å². The average Bonchev–Trinajstić information content (AvgIpc) is 3.04. The Kier molecular flexibility index (Phi) is 5.02. The van der Waals surface area contributed by atoms with Crippen LogP contribution in [0.3, 0.4) is 0 Å². The van der Waals surface area contributed by atoms with Crippen LogP contribution < -0.4 is 5.32 Å². The summed E-state index contributed by atoms with van der Waals surface area (Å²) in [4.78, 5) is 31.6. The number of fused-ring (bicyclic) bond motifs is 1. The molecule has 1 unspecified atom stereocenters. The minimum atomic E-state index is -1.08. The number of aliphatic carboxylic acids is 1. The second-order valence-corrected chi connectivity index (χ2v) is 6.53. The van der Waals surface area contributed by atoms with Crippen LogP contribution >= 0.6 is 0 Å². The molecule has 3 aromatic rings. The van der Waals surface area contributed by atoms with Crippen molar-refractivity contribution in [2.75, 3.05) is 0 Å². The number of para-hydroxylation sites is 1. The maximum Gasteiger partial charge on any atom is 0.326 e. The minimum absolute atomic E-state index is 0.184. The normalized spacial score (nSPS) is 12.3. The van der Waals surface area contributed by atoms with Crippen LogP contribution in [0.25, 0.3) is 10.9 Å². The molecule has 0 saturated carbocycles. The molecule has 0 aliphatic rings. The Morgan fingerprint density at radius 1 is 1.15 bits per heavy atom. The van der Waals surface area contributed by atoms with Crippen LogP contribution in [-0.4, -0.2) is 33.0 Å². The van der Waals surface area contributed by atoms with Gasteiger partial charge in [-0.3, -0.25) is 4.79 Å². The number of carbonyl (C=O) groups is 2. The molecule has 1 atom stereocenters. The number of pyridine rings is 1. The summed E-state index contributed by atoms with van der Waals surface area (Å²) in [6.45, 7) is 3.97. The molecular weight excluding hydrogens is 330 g/mol. The summed E-state index contributed by atoms with van der Waals surface area (Å²) in [6.07, 6.45) is 1.97. The lowest BCUT2D eigenvalue weighted by Gasteiger charge is -2.14. The van der Waals surface area contributed by atoms with Crippen molar-refractivity contribution in [2.45, 2.75) is 32.2 Å². The third-order valence-electron chi connectivity index (χ3n) is 4.30. The molecule has 6 heteroatoms. The second-order valence-electron chi connectivity index (χ2n) is 6.53. The predicted molar refractivity (Wildman–Crippen MR) is 99.2 cm³/mol. The number of benzene rings is 1. The monoisotopic (exact) mass is 351 g/mol. The minimum Gasteiger partial charge on any atom is -0.480 e. The molecule has 0 spiro atoms. The molecule has 134 valence electrons. The van der Waals surface area contributed by atoms with E-state index in [2.05, 4.69) is 15.3 Å². The number of carbonyl (C=O) groups excluding carboxylic acids is 1. The Morgan fingerprint density at radius 2 is 1.92 bits per heavy atom. The first-order chi connectivity index (χ1) is 12.5. The molecule has 0 bridgehead atoms. The molecule has 0 saturated heterocycles. The van der Waals surface area contributed by atoms with E-state index in [0.29, 0.717) is 0 Å². The number of nitrogens with zero attached hydrogens (tertiary/aromatic N) is 1. The fourth-order valence-corrected chi connectivity index (χ4v) is 2.85. The zero-order valence-electron chi connectivity index (χ0n) is 14.7. The summed E-state index contributed by atoms with van der Waals surface area (Å²) in [6, 6.07) is 11.8. The van der Waals surface area contributed by atoms with Crippen LogP contribution in [0.5, 0.6) is 0 Å². The molecule has 3 rings (SSSR count). The predicted octanol–water partition coefficient (Wildman–Crippen LogP) is 3.11. The fraction of sp³-hybridized carbons (Fsp3) is 0.250. The summed E-state index contributed by atoms with van der Waals surface area (Å²) in [7, 11) is 0. The van der Waals surface area contributed by atoms with Crippen molar-refractivity contribution in [2.24, 2.45) is 0 Å². The van der Waals surface area contributed by atoms with Gasteiger partial charge in [0.1, 0.15) is 11.7 Å². The van der Waals surface area contributed by atoms with E-state index < -0.39 is 17.9 Å². The summed E-state index contributed by atoms with van der Waals surface area (Å²) >= 11 is 0. The first-order valence-electron chi connectivity index (χ1n) is 8.51. The molecular formula is C20H21N3O3. The van der Waals surface area contributed by atoms with Gasteiger partial charge in [0.05, 0.1) is 0 Å². The summed E-state index contributed by atoms with van der Waals surface area (Å²) in [5, 5.41) is 13.1. The lowest BCUT2D eigenvalue weighted by atomic mass is 10.0. The van der Waals surface area contributed by atoms with Gasteiger partial charge in [0, 0.05) is 29.2 Å². The van der Waals surface area contributed by atoms with Gasteiger partial charge in [-0.1, -0.05) is 38.1 Å². The Hall–Kier alpha value is -3.15. The van der Waals surface area contributed by atoms with E-state index in [0.717, 1.165) is 22.2 Å². The number of hydrogen-bond donors (Lipinski definition) is 3. The third-order valence-corrected chi connectivity index (χ3v) is 4.30. The van der Waals surface area contributed by atoms with Crippen LogP contribution in [0, 0.1) is 0 Å². The molecule has 6 nitrogen and oxygen atoms in total. The van der Waals surface area contributed by atoms with E-state index in [1.807, 2.05) is 44.2 Å². The molecule has 26 heavy (non-hydrogen) atoms. The topological polar surface area (TPSA) is 95.1 Å². The van der Waals surface area contributed by atoms with Crippen LogP contribution in [0.1, 0.15) is 41.5 Å². The standard InChI is InChI=1S/C20H21N3O3/c1-12(2)15-8-5-9-17(22-15)19(24)23-18(20(25)26)10-13-11-21-16-7-4-3-6-14(13)16/h3-9,11-12,18,21H,10H2,1-2H3,(H,23,24)(H,25,26). The summed E-state index contributed by atoms with van der Waals surface area (Å²) in [5.41, 5.74) is 2.80. The van der Waals surface area contributed by atoms with Gasteiger partial charge in [0.25, 0.3) is 5.91 Å². The van der Waals surface area contributed by atoms with Crippen LogP contribution in [0.4, 0.5) is 0 Å². The molecule has 1 aromatic carbocycles. The number of aromatic nitrogens is 2. The number of nitrogens with one attached hydrogen (secondary N) is 2. The number of H-pyrrole nitrogens is 1. The van der Waals surface area contributed by atoms with Crippen molar-refractivity contribution in [3.8, 4) is 0 Å². The van der Waals surface area contributed by atoms with Gasteiger partial charge in [0.2, 0.25) is 0 Å². The van der Waals surface area contributed by atoms with E-state index in [1.54, 1.807) is 18.3 Å². The molecule has 2 heterocycles. The highest BCUT2D eigenvalue weighted by Crippen LogP contribution is 2.19. The van der Waals surface area contributed by atoms with Gasteiger partial charge in [-0.05, 0) is 29.7 Å². The SMILES string of the molecule is CC(C)c1cccc(C(=O)NC(Cc2c[nH]c3ccccc23)C(=O)O)n1. The van der Waals surface area contributed by atoms with Crippen LogP contribution in [0.15, 0.2) is 48.7 Å². The molecule has 2 aromatic heterocycles. The van der Waals surface area contributed by atoms with Gasteiger partial charge in [-0.15, -0.1) is 0 Å². The van der Waals surface area contributed by atoms with Crippen molar-refractivity contribution >= 4 is 22.8 Å². The van der Waals surface area contributed by atoms with E-state index >= 15 is 0 Å². The number of rotatable bonds is 6. The highest BCUT2D eigenvalue weighted by atomic mass is 16.4. The van der Waals surface area contributed by atoms with Gasteiger partial charge in [-0.2, -0.15) is 0 Å². The van der Waals surface area contributed by atoms with E-state index in [-0.39, 0.29) is 18.0 Å². The molecule has 0 radical (unpaired) electrons. The van der Waals surface area contributed by atoms with Crippen molar-refractivity contribution < 1.29 is 14.7 Å². The van der Waals surface area contributed by atoms with E-state index in [9.17, 15) is 14.7 Å². The Bertz CT molecular complexity index is 946. The highest BCUT2D eigenvalue weighted by Gasteiger charge is 2.23. The Balaban J connectivity index is 1.79. The zero-order valence-corrected chi connectivity index (χ0v) is 14.7. The zero-order chi connectivity index (χ0) is 18.7. The number of amides is 1. The van der Waals surface area contributed by atoms with E-state index in [1.165, 1.54) is 0 Å². The maximum atomic E-state index is 12.5. The maximum absolute atomic E-state index is 12.5. The molecule has 0 fully saturated rings. The lowest BCUT2D eigenvalue weighted by Crippen LogP contribution is -2.42. The molecule has 1 amide bonds. The van der Waals surface area contributed by atoms with Gasteiger partial charge in [-0.25, -0.2) is 9.78 Å². The molecule has 3 N–H and O–H groups in total.